The Morgan fingerprint density at radius 3 is 2.72 bits per heavy atom. The summed E-state index contributed by atoms with van der Waals surface area (Å²) in [7, 11) is 5.85. The van der Waals surface area contributed by atoms with Gasteiger partial charge in [-0.25, -0.2) is 15.0 Å². The van der Waals surface area contributed by atoms with Gasteiger partial charge in [-0.3, -0.25) is 9.39 Å². The van der Waals surface area contributed by atoms with Crippen LogP contribution in [-0.2, 0) is 6.54 Å². The van der Waals surface area contributed by atoms with E-state index in [2.05, 4.69) is 56.4 Å². The maximum atomic E-state index is 5.88. The number of imidazole rings is 1. The van der Waals surface area contributed by atoms with Crippen LogP contribution in [0, 0.1) is 0 Å². The number of pyridine rings is 1. The number of nitrogens with one attached hydrogen (secondary N) is 1. The van der Waals surface area contributed by atoms with E-state index in [1.165, 1.54) is 0 Å². The molecule has 0 aliphatic heterocycles. The molecule has 0 atom stereocenters. The SMILES string of the molecule is CN=CC(=CN)c1ccc(CNc2cc(-c3cnc4cc(OCCCN(C)C)ccn34)ncn2)cc1. The van der Waals surface area contributed by atoms with Crippen molar-refractivity contribution < 1.29 is 4.74 Å². The minimum Gasteiger partial charge on any atom is -0.493 e. The highest BCUT2D eigenvalue weighted by Gasteiger charge is 2.10. The van der Waals surface area contributed by atoms with Crippen molar-refractivity contribution in [1.29, 1.82) is 0 Å². The molecule has 0 saturated heterocycles. The summed E-state index contributed by atoms with van der Waals surface area (Å²) in [5, 5.41) is 3.38. The number of fused-ring (bicyclic) bond motifs is 1. The van der Waals surface area contributed by atoms with Gasteiger partial charge >= 0.3 is 0 Å². The van der Waals surface area contributed by atoms with Gasteiger partial charge in [0.25, 0.3) is 0 Å². The van der Waals surface area contributed by atoms with Gasteiger partial charge in [-0.2, -0.15) is 0 Å². The van der Waals surface area contributed by atoms with E-state index in [1.807, 2.05) is 47.1 Å². The second-order valence-electron chi connectivity index (χ2n) is 8.59. The summed E-state index contributed by atoms with van der Waals surface area (Å²) >= 11 is 0. The Balaban J connectivity index is 1.42. The quantitative estimate of drug-likeness (QED) is 0.247. The lowest BCUT2D eigenvalue weighted by Crippen LogP contribution is -2.15. The molecule has 0 spiro atoms. The number of benzene rings is 1. The van der Waals surface area contributed by atoms with Crippen LogP contribution < -0.4 is 15.8 Å². The fraction of sp³-hybridized carbons (Fsp3) is 0.259. The van der Waals surface area contributed by atoms with E-state index >= 15 is 0 Å². The van der Waals surface area contributed by atoms with Gasteiger partial charge in [-0.05, 0) is 37.7 Å². The highest BCUT2D eigenvalue weighted by Crippen LogP contribution is 2.23. The van der Waals surface area contributed by atoms with Gasteiger partial charge in [-0.1, -0.05) is 24.3 Å². The molecule has 0 saturated carbocycles. The Bertz CT molecular complexity index is 1340. The Morgan fingerprint density at radius 1 is 1.14 bits per heavy atom. The van der Waals surface area contributed by atoms with Crippen LogP contribution in [0.2, 0.25) is 0 Å². The minimum absolute atomic E-state index is 0.627. The molecule has 4 aromatic rings. The summed E-state index contributed by atoms with van der Waals surface area (Å²) in [5.74, 6) is 1.55. The van der Waals surface area contributed by atoms with Crippen molar-refractivity contribution in [2.75, 3.05) is 39.6 Å². The molecule has 3 N–H and O–H groups in total. The van der Waals surface area contributed by atoms with Crippen molar-refractivity contribution in [1.82, 2.24) is 24.3 Å². The zero-order chi connectivity index (χ0) is 25.3. The van der Waals surface area contributed by atoms with E-state index < -0.39 is 0 Å². The first-order chi connectivity index (χ1) is 17.6. The van der Waals surface area contributed by atoms with Crippen LogP contribution in [-0.4, -0.2) is 64.8 Å². The second kappa shape index (κ2) is 11.9. The Hall–Kier alpha value is -4.24. The average Bonchev–Trinajstić information content (AvgIpc) is 3.32. The molecule has 36 heavy (non-hydrogen) atoms. The minimum atomic E-state index is 0.627. The van der Waals surface area contributed by atoms with Crippen LogP contribution in [0.5, 0.6) is 5.75 Å². The average molecular weight is 485 g/mol. The number of hydrogen-bond donors (Lipinski definition) is 2. The van der Waals surface area contributed by atoms with Crippen molar-refractivity contribution in [3.05, 3.63) is 78.5 Å². The Kier molecular flexibility index (Phi) is 8.25. The van der Waals surface area contributed by atoms with E-state index in [1.54, 1.807) is 25.8 Å². The summed E-state index contributed by atoms with van der Waals surface area (Å²) in [6.45, 7) is 2.29. The second-order valence-corrected chi connectivity index (χ2v) is 8.59. The molecular weight excluding hydrogens is 452 g/mol. The molecule has 0 aliphatic carbocycles. The zero-order valence-electron chi connectivity index (χ0n) is 20.9. The summed E-state index contributed by atoms with van der Waals surface area (Å²) in [6.07, 6.45) is 9.61. The predicted molar refractivity (Wildman–Crippen MR) is 145 cm³/mol. The van der Waals surface area contributed by atoms with Crippen LogP contribution in [0.1, 0.15) is 17.5 Å². The molecule has 0 aliphatic rings. The predicted octanol–water partition coefficient (Wildman–Crippen LogP) is 3.73. The number of anilines is 1. The van der Waals surface area contributed by atoms with Crippen LogP contribution in [0.3, 0.4) is 0 Å². The number of allylic oxidation sites excluding steroid dienone is 1. The molecule has 0 bridgehead atoms. The Labute approximate surface area is 211 Å². The summed E-state index contributed by atoms with van der Waals surface area (Å²) in [4.78, 5) is 19.6. The fourth-order valence-electron chi connectivity index (χ4n) is 3.77. The third-order valence-electron chi connectivity index (χ3n) is 5.64. The summed E-state index contributed by atoms with van der Waals surface area (Å²) in [5.41, 5.74) is 11.2. The third kappa shape index (κ3) is 6.25. The normalized spacial score (nSPS) is 12.1. The molecule has 1 aromatic carbocycles. The standard InChI is InChI=1S/C27H32N8O/c1-29-17-22(15-28)21-7-5-20(6-8-21)16-30-26-14-24(32-19-33-26)25-18-31-27-13-23(9-11-35(25)27)36-12-4-10-34(2)3/h5-9,11,13-15,17-19H,4,10,12,16,28H2,1-3H3,(H,30,32,33). The number of nitrogens with two attached hydrogens (primary N) is 1. The van der Waals surface area contributed by atoms with E-state index in [0.29, 0.717) is 13.2 Å². The fourth-order valence-corrected chi connectivity index (χ4v) is 3.77. The molecule has 9 heteroatoms. The summed E-state index contributed by atoms with van der Waals surface area (Å²) in [6, 6.07) is 14.0. The van der Waals surface area contributed by atoms with Crippen molar-refractivity contribution in [3.63, 3.8) is 0 Å². The van der Waals surface area contributed by atoms with Crippen molar-refractivity contribution in [2.24, 2.45) is 10.7 Å². The lowest BCUT2D eigenvalue weighted by molar-refractivity contribution is 0.281. The van der Waals surface area contributed by atoms with Crippen LogP contribution in [0.4, 0.5) is 5.82 Å². The number of hydrogen-bond acceptors (Lipinski definition) is 8. The van der Waals surface area contributed by atoms with Gasteiger partial charge in [0, 0.05) is 56.5 Å². The van der Waals surface area contributed by atoms with Gasteiger partial charge in [0.05, 0.1) is 24.2 Å². The van der Waals surface area contributed by atoms with Crippen LogP contribution in [0.15, 0.2) is 72.4 Å². The first kappa shape index (κ1) is 24.9. The summed E-state index contributed by atoms with van der Waals surface area (Å²) < 4.78 is 7.88. The van der Waals surface area contributed by atoms with Gasteiger partial charge < -0.3 is 20.7 Å². The van der Waals surface area contributed by atoms with Crippen LogP contribution in [0.25, 0.3) is 22.6 Å². The highest BCUT2D eigenvalue weighted by atomic mass is 16.5. The molecule has 0 amide bonds. The maximum Gasteiger partial charge on any atom is 0.140 e. The van der Waals surface area contributed by atoms with Gasteiger partial charge in [-0.15, -0.1) is 0 Å². The van der Waals surface area contributed by atoms with E-state index in [9.17, 15) is 0 Å². The highest BCUT2D eigenvalue weighted by molar-refractivity contribution is 6.09. The third-order valence-corrected chi connectivity index (χ3v) is 5.64. The first-order valence-electron chi connectivity index (χ1n) is 11.8. The van der Waals surface area contributed by atoms with Crippen LogP contribution >= 0.6 is 0 Å². The maximum absolute atomic E-state index is 5.88. The molecule has 9 nitrogen and oxygen atoms in total. The van der Waals surface area contributed by atoms with Gasteiger partial charge in [0.1, 0.15) is 23.5 Å². The number of aliphatic imine (C=N–C) groups is 1. The van der Waals surface area contributed by atoms with E-state index in [0.717, 1.165) is 58.3 Å². The monoisotopic (exact) mass is 484 g/mol. The molecular formula is C27H32N8O. The smallest absolute Gasteiger partial charge is 0.140 e. The lowest BCUT2D eigenvalue weighted by Gasteiger charge is -2.11. The first-order valence-corrected chi connectivity index (χ1v) is 11.8. The number of ether oxygens (including phenoxy) is 1. The molecule has 0 radical (unpaired) electrons. The van der Waals surface area contributed by atoms with Crippen molar-refractivity contribution >= 4 is 23.3 Å². The molecule has 0 fully saturated rings. The topological polar surface area (TPSA) is 106 Å². The number of nitrogens with zero attached hydrogens (tertiary/aromatic N) is 6. The van der Waals surface area contributed by atoms with Crippen molar-refractivity contribution in [2.45, 2.75) is 13.0 Å². The molecule has 0 unspecified atom stereocenters. The number of aromatic nitrogens is 4. The zero-order valence-corrected chi connectivity index (χ0v) is 20.9. The van der Waals surface area contributed by atoms with Gasteiger partial charge in [0.2, 0.25) is 0 Å². The Morgan fingerprint density at radius 2 is 1.97 bits per heavy atom. The largest absolute Gasteiger partial charge is 0.493 e. The van der Waals surface area contributed by atoms with E-state index in [-0.39, 0.29) is 0 Å². The molecule has 186 valence electrons. The van der Waals surface area contributed by atoms with E-state index in [4.69, 9.17) is 10.5 Å². The molecule has 3 aromatic heterocycles. The number of rotatable bonds is 11. The lowest BCUT2D eigenvalue weighted by atomic mass is 10.1. The molecule has 4 rings (SSSR count). The molecule has 3 heterocycles. The van der Waals surface area contributed by atoms with Crippen molar-refractivity contribution in [3.8, 4) is 17.1 Å². The van der Waals surface area contributed by atoms with Gasteiger partial charge in [0.15, 0.2) is 0 Å².